The predicted molar refractivity (Wildman–Crippen MR) is 78.5 cm³/mol. The van der Waals surface area contributed by atoms with Crippen molar-refractivity contribution < 1.29 is 4.79 Å². The lowest BCUT2D eigenvalue weighted by Crippen LogP contribution is -2.19. The lowest BCUT2D eigenvalue weighted by Gasteiger charge is -2.11. The van der Waals surface area contributed by atoms with Gasteiger partial charge in [0.2, 0.25) is 5.91 Å². The Hall–Kier alpha value is -2.30. The molecular weight excluding hydrogens is 252 g/mol. The highest BCUT2D eigenvalue weighted by atomic mass is 16.1. The van der Waals surface area contributed by atoms with Crippen LogP contribution in [0, 0.1) is 0 Å². The summed E-state index contributed by atoms with van der Waals surface area (Å²) in [7, 11) is 1.66. The molecule has 20 heavy (non-hydrogen) atoms. The van der Waals surface area contributed by atoms with Crippen molar-refractivity contribution in [3.05, 3.63) is 36.3 Å². The number of fused-ring (bicyclic) bond motifs is 1. The first-order chi connectivity index (χ1) is 9.79. The second-order valence-electron chi connectivity index (χ2n) is 4.91. The number of aromatic nitrogens is 2. The number of carbonyl (C=O) groups excluding carboxylic acids is 1. The molecule has 5 heteroatoms. The summed E-state index contributed by atoms with van der Waals surface area (Å²) >= 11 is 0. The van der Waals surface area contributed by atoms with Crippen LogP contribution in [0.4, 0.5) is 5.69 Å². The number of hydrogen-bond acceptors (Lipinski definition) is 3. The summed E-state index contributed by atoms with van der Waals surface area (Å²) in [5.41, 5.74) is 4.77. The Labute approximate surface area is 118 Å². The van der Waals surface area contributed by atoms with Gasteiger partial charge in [-0.15, -0.1) is 0 Å². The number of anilines is 1. The molecule has 0 fully saturated rings. The number of rotatable bonds is 4. The normalized spacial score (nSPS) is 12.8. The highest BCUT2D eigenvalue weighted by Gasteiger charge is 2.17. The molecule has 3 rings (SSSR count). The predicted octanol–water partition coefficient (Wildman–Crippen LogP) is 1.65. The number of nitrogens with one attached hydrogen (secondary N) is 2. The topological polar surface area (TPSA) is 59.0 Å². The Morgan fingerprint density at radius 2 is 2.40 bits per heavy atom. The molecule has 1 aromatic heterocycles. The Balaban J connectivity index is 1.90. The van der Waals surface area contributed by atoms with Crippen LogP contribution in [0.2, 0.25) is 0 Å². The van der Waals surface area contributed by atoms with E-state index in [4.69, 9.17) is 0 Å². The van der Waals surface area contributed by atoms with Crippen LogP contribution in [-0.2, 0) is 17.8 Å². The highest BCUT2D eigenvalue weighted by Crippen LogP contribution is 2.34. The summed E-state index contributed by atoms with van der Waals surface area (Å²) in [6.45, 7) is 1.62. The molecule has 0 saturated carbocycles. The van der Waals surface area contributed by atoms with E-state index >= 15 is 0 Å². The van der Waals surface area contributed by atoms with E-state index in [-0.39, 0.29) is 5.91 Å². The van der Waals surface area contributed by atoms with E-state index in [0.29, 0.717) is 13.0 Å². The van der Waals surface area contributed by atoms with Crippen LogP contribution in [0.5, 0.6) is 0 Å². The first-order valence-corrected chi connectivity index (χ1v) is 6.86. The maximum absolute atomic E-state index is 11.4. The van der Waals surface area contributed by atoms with E-state index in [2.05, 4.69) is 33.8 Å². The monoisotopic (exact) mass is 270 g/mol. The first-order valence-electron chi connectivity index (χ1n) is 6.86. The summed E-state index contributed by atoms with van der Waals surface area (Å²) in [4.78, 5) is 15.6. The summed E-state index contributed by atoms with van der Waals surface area (Å²) in [6.07, 6.45) is 5.17. The summed E-state index contributed by atoms with van der Waals surface area (Å²) < 4.78 is 2.03. The van der Waals surface area contributed by atoms with Crippen molar-refractivity contribution >= 4 is 11.6 Å². The maximum Gasteiger partial charge on any atom is 0.221 e. The van der Waals surface area contributed by atoms with Gasteiger partial charge >= 0.3 is 0 Å². The minimum Gasteiger partial charge on any atom is -0.384 e. The number of nitrogens with zero attached hydrogens (tertiary/aromatic N) is 2. The average Bonchev–Trinajstić information content (AvgIpc) is 3.12. The van der Waals surface area contributed by atoms with Crippen LogP contribution in [0.3, 0.4) is 0 Å². The highest BCUT2D eigenvalue weighted by molar-refractivity contribution is 5.80. The van der Waals surface area contributed by atoms with Crippen molar-refractivity contribution in [1.82, 2.24) is 14.9 Å². The van der Waals surface area contributed by atoms with Crippen LogP contribution in [-0.4, -0.2) is 29.1 Å². The van der Waals surface area contributed by atoms with Gasteiger partial charge in [0.1, 0.15) is 0 Å². The Bertz CT molecular complexity index is 633. The molecule has 2 N–H and O–H groups in total. The second-order valence-corrected chi connectivity index (χ2v) is 4.91. The van der Waals surface area contributed by atoms with Gasteiger partial charge < -0.3 is 15.2 Å². The van der Waals surface area contributed by atoms with E-state index in [9.17, 15) is 4.79 Å². The summed E-state index contributed by atoms with van der Waals surface area (Å²) in [5.74, 6) is 0.0427. The van der Waals surface area contributed by atoms with Crippen LogP contribution >= 0.6 is 0 Å². The molecule has 1 aliphatic heterocycles. The van der Waals surface area contributed by atoms with Gasteiger partial charge in [-0.3, -0.25) is 4.79 Å². The number of aryl methyl sites for hydroxylation is 1. The van der Waals surface area contributed by atoms with Crippen molar-refractivity contribution in [1.29, 1.82) is 0 Å². The quantitative estimate of drug-likeness (QED) is 0.888. The van der Waals surface area contributed by atoms with Crippen molar-refractivity contribution in [3.63, 3.8) is 0 Å². The van der Waals surface area contributed by atoms with Crippen molar-refractivity contribution in [2.75, 3.05) is 18.9 Å². The standard InChI is InChI=1S/C15H18N4O/c1-16-14(20)6-8-19-10-17-9-13(19)12-4-2-3-11-5-7-18-15(11)12/h2-4,9-10,18H,5-8H2,1H3,(H,16,20). The van der Waals surface area contributed by atoms with E-state index < -0.39 is 0 Å². The third-order valence-electron chi connectivity index (χ3n) is 3.69. The van der Waals surface area contributed by atoms with Crippen LogP contribution in [0.15, 0.2) is 30.7 Å². The minimum atomic E-state index is 0.0427. The molecule has 0 atom stereocenters. The number of hydrogen-bond donors (Lipinski definition) is 2. The van der Waals surface area contributed by atoms with Gasteiger partial charge in [0.25, 0.3) is 0 Å². The van der Waals surface area contributed by atoms with E-state index in [1.54, 1.807) is 13.4 Å². The second kappa shape index (κ2) is 5.36. The van der Waals surface area contributed by atoms with Gasteiger partial charge in [-0.05, 0) is 12.0 Å². The number of amides is 1. The molecule has 0 unspecified atom stereocenters. The Kier molecular flexibility index (Phi) is 3.41. The van der Waals surface area contributed by atoms with Gasteiger partial charge in [0.15, 0.2) is 0 Å². The summed E-state index contributed by atoms with van der Waals surface area (Å²) in [6, 6.07) is 6.34. The SMILES string of the molecule is CNC(=O)CCn1cncc1-c1cccc2c1NCC2. The largest absolute Gasteiger partial charge is 0.384 e. The van der Waals surface area contributed by atoms with Gasteiger partial charge in [-0.25, -0.2) is 4.98 Å². The fraction of sp³-hybridized carbons (Fsp3) is 0.333. The van der Waals surface area contributed by atoms with Crippen molar-refractivity contribution in [2.24, 2.45) is 0 Å². The molecule has 0 spiro atoms. The third-order valence-corrected chi connectivity index (χ3v) is 3.69. The van der Waals surface area contributed by atoms with E-state index in [1.165, 1.54) is 11.3 Å². The van der Waals surface area contributed by atoms with E-state index in [1.807, 2.05) is 10.8 Å². The molecule has 5 nitrogen and oxygen atoms in total. The first kappa shape index (κ1) is 12.7. The molecule has 1 amide bonds. The molecule has 0 saturated heterocycles. The number of carbonyl (C=O) groups is 1. The Morgan fingerprint density at radius 1 is 1.50 bits per heavy atom. The molecule has 2 heterocycles. The lowest BCUT2D eigenvalue weighted by molar-refractivity contribution is -0.120. The van der Waals surface area contributed by atoms with Gasteiger partial charge in [0.05, 0.1) is 18.2 Å². The fourth-order valence-electron chi connectivity index (χ4n) is 2.62. The van der Waals surface area contributed by atoms with Crippen molar-refractivity contribution in [2.45, 2.75) is 19.4 Å². The minimum absolute atomic E-state index is 0.0427. The van der Waals surface area contributed by atoms with Gasteiger partial charge in [-0.2, -0.15) is 0 Å². The molecule has 0 bridgehead atoms. The number of para-hydroxylation sites is 1. The molecule has 1 aromatic carbocycles. The van der Waals surface area contributed by atoms with Gasteiger partial charge in [0, 0.05) is 37.8 Å². The van der Waals surface area contributed by atoms with Crippen LogP contribution in [0.25, 0.3) is 11.3 Å². The van der Waals surface area contributed by atoms with Crippen molar-refractivity contribution in [3.8, 4) is 11.3 Å². The molecule has 0 radical (unpaired) electrons. The third kappa shape index (κ3) is 2.27. The molecule has 104 valence electrons. The van der Waals surface area contributed by atoms with Gasteiger partial charge in [-0.1, -0.05) is 18.2 Å². The lowest BCUT2D eigenvalue weighted by atomic mass is 10.1. The molecule has 0 aliphatic carbocycles. The fourth-order valence-corrected chi connectivity index (χ4v) is 2.62. The Morgan fingerprint density at radius 3 is 3.25 bits per heavy atom. The van der Waals surface area contributed by atoms with Crippen LogP contribution < -0.4 is 10.6 Å². The zero-order valence-electron chi connectivity index (χ0n) is 11.5. The van der Waals surface area contributed by atoms with E-state index in [0.717, 1.165) is 24.2 Å². The van der Waals surface area contributed by atoms with Crippen LogP contribution in [0.1, 0.15) is 12.0 Å². The average molecular weight is 270 g/mol. The molecule has 2 aromatic rings. The zero-order chi connectivity index (χ0) is 13.9. The summed E-state index contributed by atoms with van der Waals surface area (Å²) in [5, 5.41) is 6.08. The maximum atomic E-state index is 11.4. The molecular formula is C15H18N4O. The smallest absolute Gasteiger partial charge is 0.221 e. The number of benzene rings is 1. The zero-order valence-corrected chi connectivity index (χ0v) is 11.5. The number of imidazole rings is 1. The molecule has 1 aliphatic rings.